The van der Waals surface area contributed by atoms with Crippen LogP contribution in [0.1, 0.15) is 39.2 Å². The number of aromatic nitrogens is 2. The number of carbonyl (C=O) groups is 3. The smallest absolute Gasteiger partial charge is 0.326 e. The first-order valence-corrected chi connectivity index (χ1v) is 11.1. The lowest BCUT2D eigenvalue weighted by Crippen LogP contribution is -2.29. The predicted octanol–water partition coefficient (Wildman–Crippen LogP) is 3.83. The lowest BCUT2D eigenvalue weighted by molar-refractivity contribution is -0.120. The van der Waals surface area contributed by atoms with Crippen LogP contribution in [0, 0.1) is 16.7 Å². The maximum atomic E-state index is 12.7. The molecule has 0 spiro atoms. The molecular formula is C25H29N7O3. The Bertz CT molecular complexity index is 1310. The van der Waals surface area contributed by atoms with E-state index in [4.69, 9.17) is 11.0 Å². The number of imidazole rings is 1. The summed E-state index contributed by atoms with van der Waals surface area (Å²) in [7, 11) is 1.71. The van der Waals surface area contributed by atoms with Crippen molar-refractivity contribution >= 4 is 46.2 Å². The summed E-state index contributed by atoms with van der Waals surface area (Å²) in [6.45, 7) is 6.22. The van der Waals surface area contributed by atoms with Crippen molar-refractivity contribution in [2.75, 3.05) is 22.6 Å². The summed E-state index contributed by atoms with van der Waals surface area (Å²) in [5, 5.41) is 14.4. The Morgan fingerprint density at radius 2 is 1.89 bits per heavy atom. The molecule has 0 aliphatic heterocycles. The van der Waals surface area contributed by atoms with Crippen LogP contribution in [0.25, 0.3) is 11.0 Å². The summed E-state index contributed by atoms with van der Waals surface area (Å²) in [4.78, 5) is 42.8. The van der Waals surface area contributed by atoms with Crippen molar-refractivity contribution in [3.63, 3.8) is 0 Å². The Hall–Kier alpha value is -4.39. The van der Waals surface area contributed by atoms with Gasteiger partial charge in [-0.2, -0.15) is 5.26 Å². The Balaban J connectivity index is 1.89. The van der Waals surface area contributed by atoms with E-state index in [9.17, 15) is 14.4 Å². The SMILES string of the molecule is CN(C(=O)CC(C)(C)C)c1ccc2c(c1)nc(NC(=O)Nc1cccc(C#N)c1)n2CCC(N)=O. The van der Waals surface area contributed by atoms with Crippen molar-refractivity contribution in [3.05, 3.63) is 48.0 Å². The Morgan fingerprint density at radius 3 is 2.54 bits per heavy atom. The zero-order valence-electron chi connectivity index (χ0n) is 20.3. The molecule has 1 aromatic heterocycles. The minimum Gasteiger partial charge on any atom is -0.370 e. The van der Waals surface area contributed by atoms with Crippen LogP contribution in [0.5, 0.6) is 0 Å². The van der Waals surface area contributed by atoms with E-state index in [2.05, 4.69) is 15.6 Å². The molecule has 0 atom stereocenters. The standard InChI is InChI=1S/C25H29N7O3/c1-25(2,3)14-22(34)31(4)18-8-9-20-19(13-18)29-23(32(20)11-10-21(27)33)30-24(35)28-17-7-5-6-16(12-17)15-26/h5-9,12-13H,10-11,14H2,1-4H3,(H2,27,33)(H2,28,29,30,35). The van der Waals surface area contributed by atoms with E-state index < -0.39 is 11.9 Å². The third-order valence-electron chi connectivity index (χ3n) is 5.23. The average Bonchev–Trinajstić information content (AvgIpc) is 3.11. The van der Waals surface area contributed by atoms with Gasteiger partial charge in [-0.3, -0.25) is 14.9 Å². The summed E-state index contributed by atoms with van der Waals surface area (Å²) >= 11 is 0. The molecule has 182 valence electrons. The summed E-state index contributed by atoms with van der Waals surface area (Å²) in [6.07, 6.45) is 0.437. The van der Waals surface area contributed by atoms with Gasteiger partial charge in [0.15, 0.2) is 0 Å². The number of hydrogen-bond donors (Lipinski definition) is 3. The van der Waals surface area contributed by atoms with Crippen molar-refractivity contribution in [1.82, 2.24) is 9.55 Å². The monoisotopic (exact) mass is 475 g/mol. The molecule has 1 heterocycles. The normalized spacial score (nSPS) is 11.1. The molecular weight excluding hydrogens is 446 g/mol. The number of nitrogens with one attached hydrogen (secondary N) is 2. The molecule has 4 N–H and O–H groups in total. The first-order valence-electron chi connectivity index (χ1n) is 11.1. The highest BCUT2D eigenvalue weighted by atomic mass is 16.2. The fourth-order valence-corrected chi connectivity index (χ4v) is 3.52. The molecule has 0 saturated carbocycles. The summed E-state index contributed by atoms with van der Waals surface area (Å²) in [5.74, 6) is -0.293. The third-order valence-corrected chi connectivity index (χ3v) is 5.23. The van der Waals surface area contributed by atoms with Crippen LogP contribution < -0.4 is 21.3 Å². The number of nitrogens with two attached hydrogens (primary N) is 1. The fraction of sp³-hybridized carbons (Fsp3) is 0.320. The van der Waals surface area contributed by atoms with Gasteiger partial charge >= 0.3 is 6.03 Å². The van der Waals surface area contributed by atoms with Crippen LogP contribution in [0.3, 0.4) is 0 Å². The molecule has 0 aliphatic rings. The minimum absolute atomic E-state index is 0.0256. The van der Waals surface area contributed by atoms with Crippen molar-refractivity contribution in [2.24, 2.45) is 11.1 Å². The largest absolute Gasteiger partial charge is 0.370 e. The number of benzene rings is 2. The van der Waals surface area contributed by atoms with Gasteiger partial charge in [-0.1, -0.05) is 26.8 Å². The lowest BCUT2D eigenvalue weighted by Gasteiger charge is -2.23. The van der Waals surface area contributed by atoms with Gasteiger partial charge in [0.1, 0.15) is 0 Å². The summed E-state index contributed by atoms with van der Waals surface area (Å²) in [6, 6.07) is 13.3. The van der Waals surface area contributed by atoms with Crippen LogP contribution >= 0.6 is 0 Å². The summed E-state index contributed by atoms with van der Waals surface area (Å²) in [5.41, 5.74) is 7.93. The third kappa shape index (κ3) is 6.57. The van der Waals surface area contributed by atoms with Gasteiger partial charge in [0, 0.05) is 37.8 Å². The van der Waals surface area contributed by atoms with Gasteiger partial charge in [-0.15, -0.1) is 0 Å². The topological polar surface area (TPSA) is 146 Å². The number of aryl methyl sites for hydroxylation is 1. The molecule has 35 heavy (non-hydrogen) atoms. The van der Waals surface area contributed by atoms with E-state index in [0.29, 0.717) is 34.4 Å². The second-order valence-electron chi connectivity index (χ2n) is 9.44. The van der Waals surface area contributed by atoms with Crippen LogP contribution in [-0.2, 0) is 16.1 Å². The van der Waals surface area contributed by atoms with E-state index in [1.165, 1.54) is 0 Å². The second-order valence-corrected chi connectivity index (χ2v) is 9.44. The highest BCUT2D eigenvalue weighted by Crippen LogP contribution is 2.27. The highest BCUT2D eigenvalue weighted by molar-refractivity contribution is 6.00. The molecule has 2 aromatic carbocycles. The van der Waals surface area contributed by atoms with Crippen LogP contribution in [0.2, 0.25) is 0 Å². The van der Waals surface area contributed by atoms with Crippen molar-refractivity contribution in [3.8, 4) is 6.07 Å². The predicted molar refractivity (Wildman–Crippen MR) is 135 cm³/mol. The van der Waals surface area contributed by atoms with Crippen molar-refractivity contribution < 1.29 is 14.4 Å². The molecule has 0 radical (unpaired) electrons. The Kier molecular flexibility index (Phi) is 7.40. The average molecular weight is 476 g/mol. The number of urea groups is 1. The van der Waals surface area contributed by atoms with Gasteiger partial charge in [-0.25, -0.2) is 9.78 Å². The molecule has 0 aliphatic carbocycles. The van der Waals surface area contributed by atoms with Gasteiger partial charge in [0.25, 0.3) is 0 Å². The molecule has 3 aromatic rings. The number of nitrogens with zero attached hydrogens (tertiary/aromatic N) is 4. The number of primary amides is 1. The first-order chi connectivity index (χ1) is 16.5. The number of rotatable bonds is 7. The lowest BCUT2D eigenvalue weighted by atomic mass is 9.91. The van der Waals surface area contributed by atoms with E-state index in [-0.39, 0.29) is 30.2 Å². The molecule has 10 heteroatoms. The van der Waals surface area contributed by atoms with Crippen molar-refractivity contribution in [2.45, 2.75) is 40.2 Å². The zero-order chi connectivity index (χ0) is 25.8. The van der Waals surface area contributed by atoms with E-state index in [1.807, 2.05) is 26.8 Å². The number of nitriles is 1. The van der Waals surface area contributed by atoms with E-state index in [0.717, 1.165) is 0 Å². The van der Waals surface area contributed by atoms with Crippen LogP contribution in [0.4, 0.5) is 22.1 Å². The maximum Gasteiger partial charge on any atom is 0.326 e. The van der Waals surface area contributed by atoms with Gasteiger partial charge in [0.2, 0.25) is 17.8 Å². The number of carbonyl (C=O) groups excluding carboxylic acids is 3. The fourth-order valence-electron chi connectivity index (χ4n) is 3.52. The molecule has 0 saturated heterocycles. The molecule has 0 fully saturated rings. The maximum absolute atomic E-state index is 12.7. The summed E-state index contributed by atoms with van der Waals surface area (Å²) < 4.78 is 1.69. The van der Waals surface area contributed by atoms with Crippen LogP contribution in [-0.4, -0.2) is 34.4 Å². The number of amides is 4. The quantitative estimate of drug-likeness (QED) is 0.475. The Morgan fingerprint density at radius 1 is 1.14 bits per heavy atom. The zero-order valence-corrected chi connectivity index (χ0v) is 20.3. The van der Waals surface area contributed by atoms with Gasteiger partial charge in [0.05, 0.1) is 22.7 Å². The highest BCUT2D eigenvalue weighted by Gasteiger charge is 2.21. The molecule has 4 amide bonds. The van der Waals surface area contributed by atoms with Crippen LogP contribution in [0.15, 0.2) is 42.5 Å². The van der Waals surface area contributed by atoms with Crippen molar-refractivity contribution in [1.29, 1.82) is 5.26 Å². The second kappa shape index (κ2) is 10.3. The number of hydrogen-bond acceptors (Lipinski definition) is 5. The number of fused-ring (bicyclic) bond motifs is 1. The Labute approximate surface area is 203 Å². The van der Waals surface area contributed by atoms with E-state index >= 15 is 0 Å². The van der Waals surface area contributed by atoms with Gasteiger partial charge < -0.3 is 20.5 Å². The van der Waals surface area contributed by atoms with E-state index in [1.54, 1.807) is 59.0 Å². The number of anilines is 3. The molecule has 3 rings (SSSR count). The molecule has 0 bridgehead atoms. The van der Waals surface area contributed by atoms with Gasteiger partial charge in [-0.05, 0) is 41.8 Å². The first kappa shape index (κ1) is 25.2. The molecule has 0 unspecified atom stereocenters. The molecule has 10 nitrogen and oxygen atoms in total. The minimum atomic E-state index is -0.562.